The number of aryl methyl sites for hydroxylation is 1. The first-order chi connectivity index (χ1) is 11.5. The van der Waals surface area contributed by atoms with Gasteiger partial charge in [0.15, 0.2) is 0 Å². The van der Waals surface area contributed by atoms with Crippen LogP contribution in [-0.4, -0.2) is 18.9 Å². The highest BCUT2D eigenvalue weighted by molar-refractivity contribution is 5.92. The largest absolute Gasteiger partial charge is 0.497 e. The Balaban J connectivity index is 2.11. The molecule has 0 heterocycles. The van der Waals surface area contributed by atoms with Crippen molar-refractivity contribution >= 4 is 17.5 Å². The molecule has 0 aromatic heterocycles. The fourth-order valence-electron chi connectivity index (χ4n) is 2.43. The monoisotopic (exact) mass is 326 g/mol. The van der Waals surface area contributed by atoms with Gasteiger partial charge in [0.1, 0.15) is 5.75 Å². The van der Waals surface area contributed by atoms with Crippen LogP contribution in [0.3, 0.4) is 0 Å². The molecule has 2 N–H and O–H groups in total. The topological polar surface area (TPSA) is 67.4 Å². The van der Waals surface area contributed by atoms with E-state index in [0.29, 0.717) is 0 Å². The number of amides is 2. The van der Waals surface area contributed by atoms with E-state index in [9.17, 15) is 9.59 Å². The Hall–Kier alpha value is -2.82. The zero-order chi connectivity index (χ0) is 17.5. The van der Waals surface area contributed by atoms with Gasteiger partial charge in [-0.15, -0.1) is 0 Å². The van der Waals surface area contributed by atoms with Crippen LogP contribution in [-0.2, 0) is 9.59 Å². The van der Waals surface area contributed by atoms with E-state index in [1.54, 1.807) is 7.11 Å². The fourth-order valence-corrected chi connectivity index (χ4v) is 2.43. The molecule has 0 fully saturated rings. The van der Waals surface area contributed by atoms with E-state index in [4.69, 9.17) is 4.74 Å². The van der Waals surface area contributed by atoms with E-state index in [1.807, 2.05) is 55.5 Å². The van der Waals surface area contributed by atoms with Gasteiger partial charge in [0.25, 0.3) is 0 Å². The van der Waals surface area contributed by atoms with Crippen LogP contribution in [0.4, 0.5) is 5.69 Å². The van der Waals surface area contributed by atoms with E-state index in [0.717, 1.165) is 22.6 Å². The molecule has 126 valence electrons. The standard InChI is InChI=1S/C19H22N2O3/c1-13-6-4-5-7-17(13)21-19(23)12-18(20-14(2)22)15-8-10-16(24-3)11-9-15/h4-11,18H,12H2,1-3H3,(H,20,22)(H,21,23)/t18-/m1/s1. The lowest BCUT2D eigenvalue weighted by Gasteiger charge is -2.19. The van der Waals surface area contributed by atoms with E-state index < -0.39 is 6.04 Å². The van der Waals surface area contributed by atoms with Crippen molar-refractivity contribution in [2.75, 3.05) is 12.4 Å². The summed E-state index contributed by atoms with van der Waals surface area (Å²) in [6.45, 7) is 3.38. The highest BCUT2D eigenvalue weighted by Crippen LogP contribution is 2.22. The fraction of sp³-hybridized carbons (Fsp3) is 0.263. The molecule has 5 heteroatoms. The van der Waals surface area contributed by atoms with E-state index >= 15 is 0 Å². The number of para-hydroxylation sites is 1. The van der Waals surface area contributed by atoms with Crippen LogP contribution in [0.15, 0.2) is 48.5 Å². The van der Waals surface area contributed by atoms with Crippen LogP contribution < -0.4 is 15.4 Å². The minimum Gasteiger partial charge on any atom is -0.497 e. The van der Waals surface area contributed by atoms with Gasteiger partial charge in [0, 0.05) is 12.6 Å². The molecule has 2 aromatic carbocycles. The molecule has 0 saturated heterocycles. The van der Waals surface area contributed by atoms with Gasteiger partial charge >= 0.3 is 0 Å². The first-order valence-corrected chi connectivity index (χ1v) is 7.76. The quantitative estimate of drug-likeness (QED) is 0.856. The van der Waals surface area contributed by atoms with Crippen LogP contribution in [0.2, 0.25) is 0 Å². The zero-order valence-corrected chi connectivity index (χ0v) is 14.1. The maximum Gasteiger partial charge on any atom is 0.226 e. The molecular weight excluding hydrogens is 304 g/mol. The Bertz CT molecular complexity index is 711. The average Bonchev–Trinajstić information content (AvgIpc) is 2.56. The molecule has 5 nitrogen and oxygen atoms in total. The summed E-state index contributed by atoms with van der Waals surface area (Å²) >= 11 is 0. The SMILES string of the molecule is COc1ccc([C@@H](CC(=O)Nc2ccccc2C)NC(C)=O)cc1. The normalized spacial score (nSPS) is 11.5. The molecule has 24 heavy (non-hydrogen) atoms. The third kappa shape index (κ3) is 4.84. The zero-order valence-electron chi connectivity index (χ0n) is 14.1. The van der Waals surface area contributed by atoms with Crippen molar-refractivity contribution in [1.82, 2.24) is 5.32 Å². The molecule has 2 aromatic rings. The summed E-state index contributed by atoms with van der Waals surface area (Å²) in [6, 6.07) is 14.5. The number of hydrogen-bond acceptors (Lipinski definition) is 3. The van der Waals surface area contributed by atoms with Gasteiger partial charge in [0.05, 0.1) is 19.6 Å². The van der Waals surface area contributed by atoms with Gasteiger partial charge in [0.2, 0.25) is 11.8 Å². The van der Waals surface area contributed by atoms with Crippen LogP contribution in [0.1, 0.15) is 30.5 Å². The van der Waals surface area contributed by atoms with Gasteiger partial charge in [-0.3, -0.25) is 9.59 Å². The highest BCUT2D eigenvalue weighted by atomic mass is 16.5. The molecule has 2 rings (SSSR count). The molecule has 0 bridgehead atoms. The summed E-state index contributed by atoms with van der Waals surface area (Å²) in [7, 11) is 1.59. The van der Waals surface area contributed by atoms with Crippen molar-refractivity contribution in [3.63, 3.8) is 0 Å². The van der Waals surface area contributed by atoms with Crippen LogP contribution in [0, 0.1) is 6.92 Å². The van der Waals surface area contributed by atoms with Crippen molar-refractivity contribution in [2.24, 2.45) is 0 Å². The number of carbonyl (C=O) groups is 2. The average molecular weight is 326 g/mol. The molecule has 0 aliphatic carbocycles. The van der Waals surface area contributed by atoms with Crippen molar-refractivity contribution < 1.29 is 14.3 Å². The maximum atomic E-state index is 12.4. The first kappa shape index (κ1) is 17.5. The van der Waals surface area contributed by atoms with Crippen LogP contribution in [0.25, 0.3) is 0 Å². The summed E-state index contributed by atoms with van der Waals surface area (Å²) in [5, 5.41) is 5.72. The summed E-state index contributed by atoms with van der Waals surface area (Å²) in [4.78, 5) is 23.8. The minimum atomic E-state index is -0.391. The van der Waals surface area contributed by atoms with Gasteiger partial charge in [-0.2, -0.15) is 0 Å². The lowest BCUT2D eigenvalue weighted by molar-refractivity contribution is -0.120. The Morgan fingerprint density at radius 1 is 1.08 bits per heavy atom. The number of carbonyl (C=O) groups excluding carboxylic acids is 2. The van der Waals surface area contributed by atoms with Crippen molar-refractivity contribution in [3.05, 3.63) is 59.7 Å². The first-order valence-electron chi connectivity index (χ1n) is 7.76. The van der Waals surface area contributed by atoms with Gasteiger partial charge < -0.3 is 15.4 Å². The number of methoxy groups -OCH3 is 1. The Labute approximate surface area is 142 Å². The van der Waals surface area contributed by atoms with Gasteiger partial charge in [-0.1, -0.05) is 30.3 Å². The highest BCUT2D eigenvalue weighted by Gasteiger charge is 2.17. The second kappa shape index (κ2) is 8.15. The van der Waals surface area contributed by atoms with E-state index in [-0.39, 0.29) is 18.2 Å². The summed E-state index contributed by atoms with van der Waals surface area (Å²) in [5.41, 5.74) is 2.62. The summed E-state index contributed by atoms with van der Waals surface area (Å²) in [6.07, 6.45) is 0.153. The minimum absolute atomic E-state index is 0.153. The summed E-state index contributed by atoms with van der Waals surface area (Å²) in [5.74, 6) is 0.392. The van der Waals surface area contributed by atoms with Crippen molar-refractivity contribution in [3.8, 4) is 5.75 Å². The number of rotatable bonds is 6. The smallest absolute Gasteiger partial charge is 0.226 e. The maximum absolute atomic E-state index is 12.4. The number of nitrogens with one attached hydrogen (secondary N) is 2. The second-order valence-corrected chi connectivity index (χ2v) is 5.59. The van der Waals surface area contributed by atoms with Crippen LogP contribution >= 0.6 is 0 Å². The van der Waals surface area contributed by atoms with Crippen molar-refractivity contribution in [2.45, 2.75) is 26.3 Å². The van der Waals surface area contributed by atoms with Gasteiger partial charge in [-0.25, -0.2) is 0 Å². The van der Waals surface area contributed by atoms with Crippen molar-refractivity contribution in [1.29, 1.82) is 0 Å². The molecule has 0 aliphatic rings. The predicted octanol–water partition coefficient (Wildman–Crippen LogP) is 3.21. The number of hydrogen-bond donors (Lipinski definition) is 2. The lowest BCUT2D eigenvalue weighted by Crippen LogP contribution is -2.29. The Kier molecular flexibility index (Phi) is 5.95. The molecule has 0 saturated carbocycles. The Morgan fingerprint density at radius 2 is 1.75 bits per heavy atom. The molecule has 1 atom stereocenters. The lowest BCUT2D eigenvalue weighted by atomic mass is 10.0. The number of benzene rings is 2. The Morgan fingerprint density at radius 3 is 2.33 bits per heavy atom. The number of ether oxygens (including phenoxy) is 1. The third-order valence-electron chi connectivity index (χ3n) is 3.70. The molecule has 2 amide bonds. The van der Waals surface area contributed by atoms with Crippen LogP contribution in [0.5, 0.6) is 5.75 Å². The van der Waals surface area contributed by atoms with E-state index in [1.165, 1.54) is 6.92 Å². The molecular formula is C19H22N2O3. The van der Waals surface area contributed by atoms with Gasteiger partial charge in [-0.05, 0) is 36.2 Å². The second-order valence-electron chi connectivity index (χ2n) is 5.59. The van der Waals surface area contributed by atoms with E-state index in [2.05, 4.69) is 10.6 Å². The summed E-state index contributed by atoms with van der Waals surface area (Å²) < 4.78 is 5.14. The third-order valence-corrected chi connectivity index (χ3v) is 3.70. The predicted molar refractivity (Wildman–Crippen MR) is 94.0 cm³/mol. The molecule has 0 aliphatic heterocycles. The molecule has 0 unspecified atom stereocenters. The number of anilines is 1. The molecule has 0 spiro atoms. The molecule has 0 radical (unpaired) electrons.